The molecule has 4 heteroatoms. The minimum Gasteiger partial charge on any atom is -0.493 e. The average Bonchev–Trinajstić information content (AvgIpc) is 2.80. The first-order chi connectivity index (χ1) is 9.06. The molecule has 0 fully saturated rings. The molecular formula is C15H16O4. The van der Waals surface area contributed by atoms with E-state index >= 15 is 0 Å². The van der Waals surface area contributed by atoms with Crippen molar-refractivity contribution in [3.63, 3.8) is 0 Å². The summed E-state index contributed by atoms with van der Waals surface area (Å²) in [4.78, 5) is 11.4. The maximum Gasteiger partial charge on any atom is 0.163 e. The van der Waals surface area contributed by atoms with E-state index in [1.165, 1.54) is 6.92 Å². The number of Topliss-reactive ketones (excluding diaryl/α,β-unsaturated/α-hetero) is 1. The van der Waals surface area contributed by atoms with Gasteiger partial charge in [0.1, 0.15) is 11.5 Å². The molecule has 2 aromatic rings. The van der Waals surface area contributed by atoms with Crippen LogP contribution in [0.5, 0.6) is 11.5 Å². The van der Waals surface area contributed by atoms with Crippen molar-refractivity contribution in [1.82, 2.24) is 0 Å². The van der Waals surface area contributed by atoms with Gasteiger partial charge in [-0.1, -0.05) is 0 Å². The Morgan fingerprint density at radius 2 is 1.79 bits per heavy atom. The Labute approximate surface area is 111 Å². The van der Waals surface area contributed by atoms with E-state index in [9.17, 15) is 4.79 Å². The number of methoxy groups -OCH3 is 2. The van der Waals surface area contributed by atoms with Gasteiger partial charge in [-0.2, -0.15) is 0 Å². The zero-order valence-electron chi connectivity index (χ0n) is 11.4. The fourth-order valence-corrected chi connectivity index (χ4v) is 1.96. The molecule has 0 spiro atoms. The first-order valence-electron chi connectivity index (χ1n) is 5.90. The Bertz CT molecular complexity index is 611. The second-order valence-corrected chi connectivity index (χ2v) is 4.21. The van der Waals surface area contributed by atoms with Gasteiger partial charge >= 0.3 is 0 Å². The predicted molar refractivity (Wildman–Crippen MR) is 72.0 cm³/mol. The molecule has 0 aliphatic rings. The molecule has 0 N–H and O–H groups in total. The average molecular weight is 260 g/mol. The maximum absolute atomic E-state index is 11.4. The smallest absolute Gasteiger partial charge is 0.163 e. The molecule has 1 heterocycles. The first-order valence-corrected chi connectivity index (χ1v) is 5.90. The molecule has 100 valence electrons. The zero-order chi connectivity index (χ0) is 14.0. The molecule has 0 radical (unpaired) electrons. The van der Waals surface area contributed by atoms with Gasteiger partial charge in [0.25, 0.3) is 0 Å². The Hall–Kier alpha value is -2.23. The Balaban J connectivity index is 2.47. The van der Waals surface area contributed by atoms with Crippen LogP contribution in [0.1, 0.15) is 23.0 Å². The van der Waals surface area contributed by atoms with Crippen molar-refractivity contribution in [2.24, 2.45) is 0 Å². The second kappa shape index (κ2) is 5.18. The van der Waals surface area contributed by atoms with Crippen LogP contribution in [0.4, 0.5) is 0 Å². The summed E-state index contributed by atoms with van der Waals surface area (Å²) >= 11 is 0. The summed E-state index contributed by atoms with van der Waals surface area (Å²) in [5.74, 6) is 2.54. The van der Waals surface area contributed by atoms with Crippen LogP contribution in [0.2, 0.25) is 0 Å². The van der Waals surface area contributed by atoms with Crippen LogP contribution in [-0.2, 0) is 0 Å². The molecule has 0 amide bonds. The van der Waals surface area contributed by atoms with Gasteiger partial charge in [-0.25, -0.2) is 0 Å². The molecule has 0 saturated heterocycles. The number of carbonyl (C=O) groups is 1. The fraction of sp³-hybridized carbons (Fsp3) is 0.267. The molecule has 0 aliphatic carbocycles. The maximum atomic E-state index is 11.4. The van der Waals surface area contributed by atoms with E-state index < -0.39 is 0 Å². The van der Waals surface area contributed by atoms with Crippen molar-refractivity contribution in [1.29, 1.82) is 0 Å². The third-order valence-electron chi connectivity index (χ3n) is 2.97. The number of carbonyl (C=O) groups excluding carboxylic acids is 1. The minimum atomic E-state index is -0.00650. The number of hydrogen-bond acceptors (Lipinski definition) is 4. The molecule has 0 bridgehead atoms. The number of ether oxygens (including phenoxy) is 2. The quantitative estimate of drug-likeness (QED) is 0.790. The highest BCUT2D eigenvalue weighted by Crippen LogP contribution is 2.33. The van der Waals surface area contributed by atoms with E-state index in [0.29, 0.717) is 28.6 Å². The van der Waals surface area contributed by atoms with Gasteiger partial charge < -0.3 is 13.9 Å². The molecule has 19 heavy (non-hydrogen) atoms. The topological polar surface area (TPSA) is 48.7 Å². The summed E-state index contributed by atoms with van der Waals surface area (Å²) in [5.41, 5.74) is 1.44. The van der Waals surface area contributed by atoms with Crippen molar-refractivity contribution >= 4 is 5.78 Å². The summed E-state index contributed by atoms with van der Waals surface area (Å²) in [6, 6.07) is 7.24. The van der Waals surface area contributed by atoms with Gasteiger partial charge in [-0.15, -0.1) is 0 Å². The van der Waals surface area contributed by atoms with Crippen molar-refractivity contribution < 1.29 is 18.7 Å². The molecule has 1 aromatic heterocycles. The first kappa shape index (κ1) is 13.2. The van der Waals surface area contributed by atoms with E-state index in [1.807, 2.05) is 12.1 Å². The summed E-state index contributed by atoms with van der Waals surface area (Å²) in [6.07, 6.45) is 0. The molecule has 0 aliphatic heterocycles. The summed E-state index contributed by atoms with van der Waals surface area (Å²) in [6.45, 7) is 3.30. The lowest BCUT2D eigenvalue weighted by molar-refractivity contribution is 0.101. The van der Waals surface area contributed by atoms with E-state index in [2.05, 4.69) is 0 Å². The lowest BCUT2D eigenvalue weighted by Crippen LogP contribution is -1.91. The number of rotatable bonds is 4. The molecule has 2 rings (SSSR count). The van der Waals surface area contributed by atoms with E-state index in [1.54, 1.807) is 33.3 Å². The van der Waals surface area contributed by atoms with E-state index in [0.717, 1.165) is 5.56 Å². The number of aryl methyl sites for hydroxylation is 1. The highest BCUT2D eigenvalue weighted by molar-refractivity contribution is 5.96. The van der Waals surface area contributed by atoms with Crippen LogP contribution in [0, 0.1) is 6.92 Å². The number of furan rings is 1. The molecule has 0 saturated carbocycles. The number of benzene rings is 1. The highest BCUT2D eigenvalue weighted by atomic mass is 16.5. The highest BCUT2D eigenvalue weighted by Gasteiger charge is 2.14. The van der Waals surface area contributed by atoms with Crippen LogP contribution < -0.4 is 9.47 Å². The number of hydrogen-bond donors (Lipinski definition) is 0. The van der Waals surface area contributed by atoms with Crippen molar-refractivity contribution in [3.8, 4) is 22.8 Å². The van der Waals surface area contributed by atoms with Crippen LogP contribution >= 0.6 is 0 Å². The van der Waals surface area contributed by atoms with Gasteiger partial charge in [-0.3, -0.25) is 4.79 Å². The van der Waals surface area contributed by atoms with Crippen molar-refractivity contribution in [2.45, 2.75) is 13.8 Å². The van der Waals surface area contributed by atoms with Gasteiger partial charge in [0.15, 0.2) is 17.3 Å². The van der Waals surface area contributed by atoms with Crippen molar-refractivity contribution in [3.05, 3.63) is 35.6 Å². The van der Waals surface area contributed by atoms with Gasteiger partial charge in [-0.05, 0) is 38.1 Å². The standard InChI is InChI=1S/C15H16O4/c1-9(16)12-8-14(19-10(12)2)11-5-6-13(17-3)15(7-11)18-4/h5-8H,1-4H3. The molecule has 1 aromatic carbocycles. The third kappa shape index (κ3) is 2.47. The van der Waals surface area contributed by atoms with Gasteiger partial charge in [0.05, 0.1) is 19.8 Å². The Morgan fingerprint density at radius 1 is 1.11 bits per heavy atom. The Morgan fingerprint density at radius 3 is 2.32 bits per heavy atom. The van der Waals surface area contributed by atoms with Crippen molar-refractivity contribution in [2.75, 3.05) is 14.2 Å². The molecule has 0 atom stereocenters. The largest absolute Gasteiger partial charge is 0.493 e. The van der Waals surface area contributed by atoms with Gasteiger partial charge in [0.2, 0.25) is 0 Å². The fourth-order valence-electron chi connectivity index (χ4n) is 1.96. The second-order valence-electron chi connectivity index (χ2n) is 4.21. The normalized spacial score (nSPS) is 10.3. The third-order valence-corrected chi connectivity index (χ3v) is 2.97. The summed E-state index contributed by atoms with van der Waals surface area (Å²) in [7, 11) is 3.17. The molecule has 0 unspecified atom stereocenters. The van der Waals surface area contributed by atoms with Crippen LogP contribution in [0.15, 0.2) is 28.7 Å². The van der Waals surface area contributed by atoms with Crippen LogP contribution in [-0.4, -0.2) is 20.0 Å². The molecule has 4 nitrogen and oxygen atoms in total. The van der Waals surface area contributed by atoms with E-state index in [4.69, 9.17) is 13.9 Å². The molecular weight excluding hydrogens is 244 g/mol. The summed E-state index contributed by atoms with van der Waals surface area (Å²) in [5, 5.41) is 0. The minimum absolute atomic E-state index is 0.00650. The predicted octanol–water partition coefficient (Wildman–Crippen LogP) is 3.47. The SMILES string of the molecule is COc1ccc(-c2cc(C(C)=O)c(C)o2)cc1OC. The lowest BCUT2D eigenvalue weighted by atomic mass is 10.1. The van der Waals surface area contributed by atoms with Gasteiger partial charge in [0, 0.05) is 5.56 Å². The van der Waals surface area contributed by atoms with Crippen LogP contribution in [0.25, 0.3) is 11.3 Å². The summed E-state index contributed by atoms with van der Waals surface area (Å²) < 4.78 is 16.1. The Kier molecular flexibility index (Phi) is 3.60. The van der Waals surface area contributed by atoms with Crippen LogP contribution in [0.3, 0.4) is 0 Å². The number of ketones is 1. The lowest BCUT2D eigenvalue weighted by Gasteiger charge is -2.08. The van der Waals surface area contributed by atoms with E-state index in [-0.39, 0.29) is 5.78 Å². The monoisotopic (exact) mass is 260 g/mol. The zero-order valence-corrected chi connectivity index (χ0v) is 11.4.